The van der Waals surface area contributed by atoms with Crippen molar-refractivity contribution in [3.63, 3.8) is 0 Å². The number of aromatic nitrogens is 2. The second-order valence-corrected chi connectivity index (χ2v) is 9.87. The zero-order valence-corrected chi connectivity index (χ0v) is 16.2. The van der Waals surface area contributed by atoms with Crippen LogP contribution in [0.2, 0.25) is 8.67 Å². The minimum Gasteiger partial charge on any atom is -0.403 e. The largest absolute Gasteiger partial charge is 0.403 e. The van der Waals surface area contributed by atoms with Crippen molar-refractivity contribution in [2.24, 2.45) is 5.92 Å². The summed E-state index contributed by atoms with van der Waals surface area (Å²) in [6.07, 6.45) is 2.33. The molecule has 1 atom stereocenters. The van der Waals surface area contributed by atoms with E-state index in [-0.39, 0.29) is 24.4 Å². The van der Waals surface area contributed by atoms with Gasteiger partial charge in [0.05, 0.1) is 22.1 Å². The van der Waals surface area contributed by atoms with Crippen molar-refractivity contribution in [3.05, 3.63) is 14.7 Å². The van der Waals surface area contributed by atoms with Crippen molar-refractivity contribution in [2.45, 2.75) is 12.8 Å². The van der Waals surface area contributed by atoms with Crippen LogP contribution in [0.4, 0.5) is 6.01 Å². The van der Waals surface area contributed by atoms with Gasteiger partial charge >= 0.3 is 6.01 Å². The highest BCUT2D eigenvalue weighted by molar-refractivity contribution is 7.88. The molecule has 136 valence electrons. The number of sulfonamides is 1. The predicted molar refractivity (Wildman–Crippen MR) is 95.4 cm³/mol. The van der Waals surface area contributed by atoms with E-state index < -0.39 is 15.9 Å². The lowest BCUT2D eigenvalue weighted by atomic mass is 9.99. The third-order valence-corrected chi connectivity index (χ3v) is 6.52. The molecular weight excluding hydrogens is 411 g/mol. The van der Waals surface area contributed by atoms with Crippen LogP contribution in [0.3, 0.4) is 0 Å². The number of nitrogens with one attached hydrogen (secondary N) is 1. The van der Waals surface area contributed by atoms with Crippen molar-refractivity contribution in [2.75, 3.05) is 24.7 Å². The van der Waals surface area contributed by atoms with Crippen LogP contribution in [-0.2, 0) is 14.8 Å². The molecule has 0 bridgehead atoms. The monoisotopic (exact) mass is 424 g/mol. The van der Waals surface area contributed by atoms with Gasteiger partial charge in [-0.2, -0.15) is 0 Å². The number of carbonyl (C=O) groups is 1. The Morgan fingerprint density at radius 2 is 2.20 bits per heavy atom. The number of hydrogen-bond acceptors (Lipinski definition) is 7. The molecule has 0 spiro atoms. The fraction of sp³-hybridized carbons (Fsp3) is 0.462. The molecule has 0 aromatic carbocycles. The summed E-state index contributed by atoms with van der Waals surface area (Å²) in [5, 5.41) is 10.1. The Kier molecular flexibility index (Phi) is 5.35. The van der Waals surface area contributed by atoms with Crippen molar-refractivity contribution >= 4 is 56.5 Å². The van der Waals surface area contributed by atoms with Gasteiger partial charge in [0.2, 0.25) is 15.9 Å². The van der Waals surface area contributed by atoms with Gasteiger partial charge in [0.15, 0.2) is 0 Å². The summed E-state index contributed by atoms with van der Waals surface area (Å²) in [7, 11) is -3.32. The van der Waals surface area contributed by atoms with Gasteiger partial charge in [-0.25, -0.2) is 12.7 Å². The highest BCUT2D eigenvalue weighted by Crippen LogP contribution is 2.37. The summed E-state index contributed by atoms with van der Waals surface area (Å²) in [6, 6.07) is 1.52. The van der Waals surface area contributed by atoms with E-state index in [9.17, 15) is 13.2 Å². The number of hydrogen-bond donors (Lipinski definition) is 1. The van der Waals surface area contributed by atoms with E-state index in [2.05, 4.69) is 15.5 Å². The summed E-state index contributed by atoms with van der Waals surface area (Å²) >= 11 is 13.1. The molecule has 1 N–H and O–H groups in total. The first-order chi connectivity index (χ1) is 11.7. The molecular formula is C13H14Cl2N4O4S2. The van der Waals surface area contributed by atoms with Crippen LogP contribution in [-0.4, -0.2) is 48.2 Å². The molecule has 2 aromatic heterocycles. The van der Waals surface area contributed by atoms with E-state index in [1.54, 1.807) is 6.07 Å². The van der Waals surface area contributed by atoms with E-state index in [1.807, 2.05) is 0 Å². The summed E-state index contributed by atoms with van der Waals surface area (Å²) in [5.74, 6) is -0.694. The SMILES string of the molecule is CS(=O)(=O)N1CCCC(C(=O)Nc2nnc(-c3cc(Cl)sc3Cl)o2)C1. The molecule has 8 nitrogen and oxygen atoms in total. The molecule has 12 heteroatoms. The van der Waals surface area contributed by atoms with E-state index >= 15 is 0 Å². The molecule has 1 saturated heterocycles. The quantitative estimate of drug-likeness (QED) is 0.808. The van der Waals surface area contributed by atoms with E-state index in [0.29, 0.717) is 33.6 Å². The third-order valence-electron chi connectivity index (χ3n) is 3.77. The fourth-order valence-corrected chi connectivity index (χ4v) is 4.89. The van der Waals surface area contributed by atoms with Gasteiger partial charge in [-0.15, -0.1) is 16.4 Å². The summed E-state index contributed by atoms with van der Waals surface area (Å²) in [4.78, 5) is 12.4. The average molecular weight is 425 g/mol. The first-order valence-corrected chi connectivity index (χ1v) is 10.7. The van der Waals surface area contributed by atoms with Crippen LogP contribution >= 0.6 is 34.5 Å². The maximum atomic E-state index is 12.4. The molecule has 0 aliphatic carbocycles. The Balaban J connectivity index is 1.68. The van der Waals surface area contributed by atoms with Crippen LogP contribution in [0.1, 0.15) is 12.8 Å². The van der Waals surface area contributed by atoms with Crippen LogP contribution < -0.4 is 5.32 Å². The van der Waals surface area contributed by atoms with E-state index in [0.717, 1.165) is 6.26 Å². The predicted octanol–water partition coefficient (Wildman–Crippen LogP) is 2.72. The second kappa shape index (κ2) is 7.20. The second-order valence-electron chi connectivity index (χ2n) is 5.60. The number of thiophene rings is 1. The molecule has 0 radical (unpaired) electrons. The number of nitrogens with zero attached hydrogens (tertiary/aromatic N) is 3. The van der Waals surface area contributed by atoms with Gasteiger partial charge in [0.25, 0.3) is 5.89 Å². The first kappa shape index (κ1) is 18.6. The Morgan fingerprint density at radius 3 is 2.84 bits per heavy atom. The maximum absolute atomic E-state index is 12.4. The fourth-order valence-electron chi connectivity index (χ4n) is 2.53. The normalized spacial score (nSPS) is 19.1. The Hall–Kier alpha value is -1.20. The van der Waals surface area contributed by atoms with Crippen molar-refractivity contribution in [1.82, 2.24) is 14.5 Å². The minimum absolute atomic E-state index is 0.0742. The lowest BCUT2D eigenvalue weighted by Crippen LogP contribution is -2.43. The van der Waals surface area contributed by atoms with Gasteiger partial charge in [-0.3, -0.25) is 10.1 Å². The van der Waals surface area contributed by atoms with Crippen LogP contribution in [0.15, 0.2) is 10.5 Å². The molecule has 25 heavy (non-hydrogen) atoms. The summed E-state index contributed by atoms with van der Waals surface area (Å²) in [5.41, 5.74) is 0.491. The number of carbonyl (C=O) groups excluding carboxylic acids is 1. The zero-order valence-electron chi connectivity index (χ0n) is 13.0. The Labute approximate surface area is 158 Å². The molecule has 0 saturated carbocycles. The smallest absolute Gasteiger partial charge is 0.322 e. The number of amides is 1. The zero-order chi connectivity index (χ0) is 18.2. The van der Waals surface area contributed by atoms with Crippen molar-refractivity contribution in [1.29, 1.82) is 0 Å². The molecule has 3 rings (SSSR count). The highest BCUT2D eigenvalue weighted by Gasteiger charge is 2.31. The maximum Gasteiger partial charge on any atom is 0.322 e. The molecule has 1 unspecified atom stereocenters. The minimum atomic E-state index is -3.32. The summed E-state index contributed by atoms with van der Waals surface area (Å²) < 4.78 is 30.9. The van der Waals surface area contributed by atoms with Gasteiger partial charge in [-0.05, 0) is 18.9 Å². The Morgan fingerprint density at radius 1 is 1.44 bits per heavy atom. The highest BCUT2D eigenvalue weighted by atomic mass is 35.5. The average Bonchev–Trinajstić information content (AvgIpc) is 3.12. The van der Waals surface area contributed by atoms with Crippen molar-refractivity contribution < 1.29 is 17.6 Å². The van der Waals surface area contributed by atoms with Crippen LogP contribution in [0.25, 0.3) is 11.5 Å². The van der Waals surface area contributed by atoms with Crippen LogP contribution in [0.5, 0.6) is 0 Å². The number of rotatable bonds is 4. The molecule has 1 aliphatic heterocycles. The van der Waals surface area contributed by atoms with Gasteiger partial charge in [-0.1, -0.05) is 28.3 Å². The number of halogens is 2. The molecule has 1 aliphatic rings. The van der Waals surface area contributed by atoms with Crippen molar-refractivity contribution in [3.8, 4) is 11.5 Å². The first-order valence-electron chi connectivity index (χ1n) is 7.28. The number of piperidine rings is 1. The molecule has 2 aromatic rings. The lowest BCUT2D eigenvalue weighted by molar-refractivity contribution is -0.121. The molecule has 1 amide bonds. The lowest BCUT2D eigenvalue weighted by Gasteiger charge is -2.29. The standard InChI is InChI=1S/C13H14Cl2N4O4S2/c1-25(21,22)19-4-2-3-7(6-19)11(20)16-13-18-17-12(23-13)8-5-9(14)24-10(8)15/h5,7H,2-4,6H2,1H3,(H,16,18,20). The number of anilines is 1. The van der Waals surface area contributed by atoms with Gasteiger partial charge < -0.3 is 4.42 Å². The van der Waals surface area contributed by atoms with Gasteiger partial charge in [0.1, 0.15) is 4.34 Å². The van der Waals surface area contributed by atoms with E-state index in [4.69, 9.17) is 27.6 Å². The summed E-state index contributed by atoms with van der Waals surface area (Å²) in [6.45, 7) is 0.558. The molecule has 3 heterocycles. The van der Waals surface area contributed by atoms with Gasteiger partial charge in [0, 0.05) is 13.1 Å². The van der Waals surface area contributed by atoms with Crippen LogP contribution in [0, 0.1) is 5.92 Å². The third kappa shape index (κ3) is 4.32. The molecule has 1 fully saturated rings. The Bertz CT molecular complexity index is 896. The van der Waals surface area contributed by atoms with E-state index in [1.165, 1.54) is 15.6 Å². The topological polar surface area (TPSA) is 105 Å².